The summed E-state index contributed by atoms with van der Waals surface area (Å²) in [6.07, 6.45) is -0.0116. The van der Waals surface area contributed by atoms with Gasteiger partial charge in [-0.2, -0.15) is 0 Å². The zero-order valence-corrected chi connectivity index (χ0v) is 14.3. The van der Waals surface area contributed by atoms with Gasteiger partial charge in [0.25, 0.3) is 5.91 Å². The lowest BCUT2D eigenvalue weighted by Crippen LogP contribution is -2.28. The van der Waals surface area contributed by atoms with Crippen molar-refractivity contribution >= 4 is 29.3 Å². The van der Waals surface area contributed by atoms with Crippen LogP contribution in [0.4, 0.5) is 0 Å². The SMILES string of the molecule is O=C(COC(=O)CCC(=O)c1ccccc1)NCc1cccc(Cl)c1. The van der Waals surface area contributed by atoms with Crippen molar-refractivity contribution < 1.29 is 19.1 Å². The minimum atomic E-state index is -0.581. The van der Waals surface area contributed by atoms with Gasteiger partial charge in [0, 0.05) is 23.6 Å². The quantitative estimate of drug-likeness (QED) is 0.580. The third-order valence-corrected chi connectivity index (χ3v) is 3.63. The molecule has 6 heteroatoms. The van der Waals surface area contributed by atoms with E-state index in [1.807, 2.05) is 12.1 Å². The molecule has 0 atom stereocenters. The monoisotopic (exact) mass is 359 g/mol. The van der Waals surface area contributed by atoms with Gasteiger partial charge in [0.15, 0.2) is 12.4 Å². The van der Waals surface area contributed by atoms with Crippen LogP contribution in [0, 0.1) is 0 Å². The Labute approximate surface area is 150 Å². The van der Waals surface area contributed by atoms with Gasteiger partial charge in [0.05, 0.1) is 6.42 Å². The molecular weight excluding hydrogens is 342 g/mol. The topological polar surface area (TPSA) is 72.5 Å². The fourth-order valence-corrected chi connectivity index (χ4v) is 2.31. The van der Waals surface area contributed by atoms with Crippen LogP contribution >= 0.6 is 11.6 Å². The molecule has 0 aliphatic rings. The van der Waals surface area contributed by atoms with Crippen molar-refractivity contribution in [2.75, 3.05) is 6.61 Å². The number of nitrogens with one attached hydrogen (secondary N) is 1. The third kappa shape index (κ3) is 6.77. The molecule has 0 saturated heterocycles. The molecule has 2 aromatic carbocycles. The minimum absolute atomic E-state index is 0.0486. The number of carbonyl (C=O) groups is 3. The summed E-state index contributed by atoms with van der Waals surface area (Å²) < 4.78 is 4.87. The van der Waals surface area contributed by atoms with Crippen LogP contribution in [0.1, 0.15) is 28.8 Å². The molecule has 0 saturated carbocycles. The Hall–Kier alpha value is -2.66. The van der Waals surface area contributed by atoms with Gasteiger partial charge in [-0.05, 0) is 17.7 Å². The number of halogens is 1. The molecule has 2 aromatic rings. The van der Waals surface area contributed by atoms with Crippen LogP contribution in [0.25, 0.3) is 0 Å². The highest BCUT2D eigenvalue weighted by Crippen LogP contribution is 2.10. The first kappa shape index (κ1) is 18.7. The molecule has 5 nitrogen and oxygen atoms in total. The van der Waals surface area contributed by atoms with Crippen molar-refractivity contribution in [2.24, 2.45) is 0 Å². The Morgan fingerprint density at radius 3 is 2.44 bits per heavy atom. The molecule has 0 aliphatic carbocycles. The van der Waals surface area contributed by atoms with E-state index in [9.17, 15) is 14.4 Å². The molecule has 0 aliphatic heterocycles. The molecule has 0 aromatic heterocycles. The highest BCUT2D eigenvalue weighted by Gasteiger charge is 2.11. The van der Waals surface area contributed by atoms with Gasteiger partial charge < -0.3 is 10.1 Å². The fourth-order valence-electron chi connectivity index (χ4n) is 2.10. The number of ketones is 1. The maximum atomic E-state index is 11.9. The second-order valence-corrected chi connectivity index (χ2v) is 5.79. The van der Waals surface area contributed by atoms with E-state index >= 15 is 0 Å². The van der Waals surface area contributed by atoms with E-state index in [4.69, 9.17) is 16.3 Å². The Bertz CT molecular complexity index is 746. The van der Waals surface area contributed by atoms with E-state index in [-0.39, 0.29) is 25.2 Å². The van der Waals surface area contributed by atoms with Gasteiger partial charge in [0.1, 0.15) is 0 Å². The zero-order chi connectivity index (χ0) is 18.1. The van der Waals surface area contributed by atoms with Gasteiger partial charge in [-0.3, -0.25) is 14.4 Å². The molecule has 0 fully saturated rings. The number of ether oxygens (including phenoxy) is 1. The van der Waals surface area contributed by atoms with E-state index < -0.39 is 11.9 Å². The number of esters is 1. The maximum Gasteiger partial charge on any atom is 0.306 e. The van der Waals surface area contributed by atoms with Gasteiger partial charge >= 0.3 is 5.97 Å². The van der Waals surface area contributed by atoms with Gasteiger partial charge in [-0.25, -0.2) is 0 Å². The standard InChI is InChI=1S/C19H18ClNO4/c20-16-8-4-5-14(11-16)12-21-18(23)13-25-19(24)10-9-17(22)15-6-2-1-3-7-15/h1-8,11H,9-10,12-13H2,(H,21,23). The highest BCUT2D eigenvalue weighted by atomic mass is 35.5. The predicted molar refractivity (Wildman–Crippen MR) is 94.3 cm³/mol. The van der Waals surface area contributed by atoms with E-state index in [2.05, 4.69) is 5.32 Å². The summed E-state index contributed by atoms with van der Waals surface area (Å²) in [7, 11) is 0. The van der Waals surface area contributed by atoms with Crippen molar-refractivity contribution in [3.8, 4) is 0 Å². The first-order chi connectivity index (χ1) is 12.0. The smallest absolute Gasteiger partial charge is 0.306 e. The van der Waals surface area contributed by atoms with Crippen LogP contribution in [-0.2, 0) is 20.9 Å². The molecule has 0 bridgehead atoms. The number of carbonyl (C=O) groups excluding carboxylic acids is 3. The van der Waals surface area contributed by atoms with E-state index in [0.717, 1.165) is 5.56 Å². The minimum Gasteiger partial charge on any atom is -0.456 e. The van der Waals surface area contributed by atoms with Crippen LogP contribution < -0.4 is 5.32 Å². The molecule has 0 unspecified atom stereocenters. The van der Waals surface area contributed by atoms with Crippen LogP contribution in [0.5, 0.6) is 0 Å². The first-order valence-electron chi connectivity index (χ1n) is 7.79. The Balaban J connectivity index is 1.65. The Kier molecular flexibility index (Phi) is 7.16. The molecule has 0 heterocycles. The molecular formula is C19H18ClNO4. The average molecular weight is 360 g/mol. The average Bonchev–Trinajstić information content (AvgIpc) is 2.63. The van der Waals surface area contributed by atoms with E-state index in [0.29, 0.717) is 17.1 Å². The second-order valence-electron chi connectivity index (χ2n) is 5.36. The number of Topliss-reactive ketones (excluding diaryl/α,β-unsaturated/α-hetero) is 1. The lowest BCUT2D eigenvalue weighted by atomic mass is 10.1. The molecule has 130 valence electrons. The maximum absolute atomic E-state index is 11.9. The zero-order valence-electron chi connectivity index (χ0n) is 13.5. The summed E-state index contributed by atoms with van der Waals surface area (Å²) in [5.41, 5.74) is 1.40. The van der Waals surface area contributed by atoms with Gasteiger partial charge in [-0.15, -0.1) is 0 Å². The molecule has 1 amide bonds. The summed E-state index contributed by atoms with van der Waals surface area (Å²) in [4.78, 5) is 35.2. The van der Waals surface area contributed by atoms with Crippen LogP contribution in [0.15, 0.2) is 54.6 Å². The summed E-state index contributed by atoms with van der Waals surface area (Å²) >= 11 is 5.86. The predicted octanol–water partition coefficient (Wildman–Crippen LogP) is 3.16. The van der Waals surface area contributed by atoms with Crippen LogP contribution in [0.3, 0.4) is 0 Å². The van der Waals surface area contributed by atoms with E-state index in [1.165, 1.54) is 0 Å². The first-order valence-corrected chi connectivity index (χ1v) is 8.17. The van der Waals surface area contributed by atoms with Crippen molar-refractivity contribution in [1.82, 2.24) is 5.32 Å². The van der Waals surface area contributed by atoms with Gasteiger partial charge in [-0.1, -0.05) is 54.1 Å². The van der Waals surface area contributed by atoms with Crippen molar-refractivity contribution in [3.05, 3.63) is 70.7 Å². The molecule has 2 rings (SSSR count). The van der Waals surface area contributed by atoms with Crippen LogP contribution in [0.2, 0.25) is 5.02 Å². The number of amides is 1. The van der Waals surface area contributed by atoms with Crippen molar-refractivity contribution in [3.63, 3.8) is 0 Å². The number of hydrogen-bond donors (Lipinski definition) is 1. The van der Waals surface area contributed by atoms with Gasteiger partial charge in [0.2, 0.25) is 0 Å². The Morgan fingerprint density at radius 1 is 0.960 bits per heavy atom. The normalized spacial score (nSPS) is 10.1. The molecule has 0 spiro atoms. The largest absolute Gasteiger partial charge is 0.456 e. The van der Waals surface area contributed by atoms with Crippen LogP contribution in [-0.4, -0.2) is 24.3 Å². The summed E-state index contributed by atoms with van der Waals surface area (Å²) in [6.45, 7) is -0.0810. The highest BCUT2D eigenvalue weighted by molar-refractivity contribution is 6.30. The third-order valence-electron chi connectivity index (χ3n) is 3.39. The number of benzene rings is 2. The molecule has 0 radical (unpaired) electrons. The summed E-state index contributed by atoms with van der Waals surface area (Å²) in [5.74, 6) is -1.13. The lowest BCUT2D eigenvalue weighted by Gasteiger charge is -2.07. The van der Waals surface area contributed by atoms with Crippen molar-refractivity contribution in [2.45, 2.75) is 19.4 Å². The van der Waals surface area contributed by atoms with E-state index in [1.54, 1.807) is 42.5 Å². The summed E-state index contributed by atoms with van der Waals surface area (Å²) in [6, 6.07) is 15.8. The number of rotatable bonds is 8. The molecule has 1 N–H and O–H groups in total. The fraction of sp³-hybridized carbons (Fsp3) is 0.211. The second kappa shape index (κ2) is 9.59. The van der Waals surface area contributed by atoms with Crippen molar-refractivity contribution in [1.29, 1.82) is 0 Å². The Morgan fingerprint density at radius 2 is 1.72 bits per heavy atom. The lowest BCUT2D eigenvalue weighted by molar-refractivity contribution is -0.148. The number of hydrogen-bond acceptors (Lipinski definition) is 4. The molecule has 25 heavy (non-hydrogen) atoms. The summed E-state index contributed by atoms with van der Waals surface area (Å²) in [5, 5.41) is 3.22.